The number of carbonyl (C=O) groups excluding carboxylic acids is 1. The zero-order chi connectivity index (χ0) is 12.5. The van der Waals surface area contributed by atoms with Crippen LogP contribution in [0, 0.1) is 11.7 Å². The maximum atomic E-state index is 12.7. The highest BCUT2D eigenvalue weighted by molar-refractivity contribution is 5.94. The number of hydrogen-bond acceptors (Lipinski definition) is 2. The molecule has 0 saturated heterocycles. The maximum Gasteiger partial charge on any atom is 0.251 e. The predicted molar refractivity (Wildman–Crippen MR) is 62.1 cm³/mol. The Bertz CT molecular complexity index is 410. The summed E-state index contributed by atoms with van der Waals surface area (Å²) < 4.78 is 12.7. The van der Waals surface area contributed by atoms with Crippen molar-refractivity contribution in [3.8, 4) is 0 Å². The molecular weight excluding hydrogens is 221 g/mol. The van der Waals surface area contributed by atoms with Gasteiger partial charge in [0, 0.05) is 12.1 Å². The minimum atomic E-state index is -0.838. The molecule has 2 rings (SSSR count). The fourth-order valence-electron chi connectivity index (χ4n) is 1.81. The average Bonchev–Trinajstić information content (AvgIpc) is 3.11. The van der Waals surface area contributed by atoms with Crippen LogP contribution in [-0.4, -0.2) is 23.2 Å². The Hall–Kier alpha value is -1.42. The van der Waals surface area contributed by atoms with Crippen molar-refractivity contribution in [3.05, 3.63) is 35.6 Å². The third kappa shape index (κ3) is 3.03. The van der Waals surface area contributed by atoms with Gasteiger partial charge in [-0.3, -0.25) is 4.79 Å². The Morgan fingerprint density at radius 1 is 1.47 bits per heavy atom. The standard InChI is InChI=1S/C13H16FNO2/c1-13(17,10-4-5-10)8-15-12(16)9-2-6-11(14)7-3-9/h2-3,6-7,10,17H,4-5,8H2,1H3,(H,15,16). The zero-order valence-corrected chi connectivity index (χ0v) is 9.74. The summed E-state index contributed by atoms with van der Waals surface area (Å²) in [5.74, 6) is -0.367. The minimum absolute atomic E-state index is 0.230. The van der Waals surface area contributed by atoms with Crippen molar-refractivity contribution in [3.63, 3.8) is 0 Å². The first-order valence-corrected chi connectivity index (χ1v) is 5.75. The van der Waals surface area contributed by atoms with E-state index in [0.29, 0.717) is 5.56 Å². The summed E-state index contributed by atoms with van der Waals surface area (Å²) in [7, 11) is 0. The number of amides is 1. The van der Waals surface area contributed by atoms with E-state index in [4.69, 9.17) is 0 Å². The lowest BCUT2D eigenvalue weighted by Crippen LogP contribution is -2.42. The van der Waals surface area contributed by atoms with Gasteiger partial charge in [0.25, 0.3) is 5.91 Å². The molecule has 2 N–H and O–H groups in total. The minimum Gasteiger partial charge on any atom is -0.388 e. The van der Waals surface area contributed by atoms with Crippen LogP contribution in [0.2, 0.25) is 0 Å². The largest absolute Gasteiger partial charge is 0.388 e. The molecule has 17 heavy (non-hydrogen) atoms. The van der Waals surface area contributed by atoms with E-state index in [1.165, 1.54) is 24.3 Å². The predicted octanol–water partition coefficient (Wildman–Crippen LogP) is 1.72. The molecule has 0 aromatic heterocycles. The third-order valence-electron chi connectivity index (χ3n) is 3.17. The number of hydrogen-bond donors (Lipinski definition) is 2. The van der Waals surface area contributed by atoms with Crippen molar-refractivity contribution in [1.29, 1.82) is 0 Å². The van der Waals surface area contributed by atoms with E-state index < -0.39 is 5.60 Å². The smallest absolute Gasteiger partial charge is 0.251 e. The lowest BCUT2D eigenvalue weighted by molar-refractivity contribution is 0.0354. The molecule has 1 aliphatic rings. The Kier molecular flexibility index (Phi) is 3.15. The fourth-order valence-corrected chi connectivity index (χ4v) is 1.81. The van der Waals surface area contributed by atoms with Crippen LogP contribution in [0.1, 0.15) is 30.1 Å². The van der Waals surface area contributed by atoms with Crippen LogP contribution in [0.15, 0.2) is 24.3 Å². The van der Waals surface area contributed by atoms with Gasteiger partial charge in [0.1, 0.15) is 5.82 Å². The summed E-state index contributed by atoms with van der Waals surface area (Å²) in [5, 5.41) is 12.7. The molecule has 1 atom stereocenters. The van der Waals surface area contributed by atoms with Crippen molar-refractivity contribution >= 4 is 5.91 Å². The van der Waals surface area contributed by atoms with E-state index in [1.54, 1.807) is 6.92 Å². The summed E-state index contributed by atoms with van der Waals surface area (Å²) in [6.45, 7) is 1.96. The summed E-state index contributed by atoms with van der Waals surface area (Å²) in [4.78, 5) is 11.7. The number of carbonyl (C=O) groups is 1. The Balaban J connectivity index is 1.91. The molecule has 0 heterocycles. The zero-order valence-electron chi connectivity index (χ0n) is 9.74. The van der Waals surface area contributed by atoms with E-state index >= 15 is 0 Å². The van der Waals surface area contributed by atoms with Crippen LogP contribution in [0.4, 0.5) is 4.39 Å². The second-order valence-electron chi connectivity index (χ2n) is 4.82. The van der Waals surface area contributed by atoms with Crippen LogP contribution < -0.4 is 5.32 Å². The van der Waals surface area contributed by atoms with Crippen LogP contribution in [0.25, 0.3) is 0 Å². The van der Waals surface area contributed by atoms with Gasteiger partial charge in [-0.2, -0.15) is 0 Å². The molecule has 4 heteroatoms. The number of nitrogens with one attached hydrogen (secondary N) is 1. The highest BCUT2D eigenvalue weighted by atomic mass is 19.1. The first-order valence-electron chi connectivity index (χ1n) is 5.75. The number of benzene rings is 1. The van der Waals surface area contributed by atoms with Crippen LogP contribution >= 0.6 is 0 Å². The van der Waals surface area contributed by atoms with Gasteiger partial charge in [-0.1, -0.05) is 0 Å². The summed E-state index contributed by atoms with van der Waals surface area (Å²) in [5.41, 5.74) is -0.437. The van der Waals surface area contributed by atoms with Crippen LogP contribution in [0.3, 0.4) is 0 Å². The molecular formula is C13H16FNO2. The van der Waals surface area contributed by atoms with Gasteiger partial charge in [0.05, 0.1) is 5.60 Å². The monoisotopic (exact) mass is 237 g/mol. The van der Waals surface area contributed by atoms with E-state index in [2.05, 4.69) is 5.32 Å². The summed E-state index contributed by atoms with van der Waals surface area (Å²) >= 11 is 0. The highest BCUT2D eigenvalue weighted by Gasteiger charge is 2.39. The molecule has 0 bridgehead atoms. The van der Waals surface area contributed by atoms with Gasteiger partial charge in [-0.05, 0) is 49.9 Å². The molecule has 0 radical (unpaired) electrons. The molecule has 0 spiro atoms. The molecule has 1 amide bonds. The normalized spacial score (nSPS) is 18.5. The van der Waals surface area contributed by atoms with E-state index in [0.717, 1.165) is 12.8 Å². The Labute approximate surface area is 99.7 Å². The molecule has 1 aromatic rings. The fraction of sp³-hybridized carbons (Fsp3) is 0.462. The van der Waals surface area contributed by atoms with Gasteiger partial charge in [0.15, 0.2) is 0 Å². The van der Waals surface area contributed by atoms with E-state index in [1.807, 2.05) is 0 Å². The second kappa shape index (κ2) is 4.45. The molecule has 1 saturated carbocycles. The van der Waals surface area contributed by atoms with Crippen molar-refractivity contribution in [2.45, 2.75) is 25.4 Å². The van der Waals surface area contributed by atoms with Crippen molar-refractivity contribution in [2.75, 3.05) is 6.54 Å². The summed E-state index contributed by atoms with van der Waals surface area (Å²) in [6.07, 6.45) is 2.03. The third-order valence-corrected chi connectivity index (χ3v) is 3.17. The first kappa shape index (κ1) is 12.0. The lowest BCUT2D eigenvalue weighted by atomic mass is 10.0. The molecule has 3 nitrogen and oxygen atoms in total. The molecule has 1 aromatic carbocycles. The molecule has 92 valence electrons. The van der Waals surface area contributed by atoms with Crippen LogP contribution in [0.5, 0.6) is 0 Å². The Morgan fingerprint density at radius 3 is 2.59 bits per heavy atom. The van der Waals surface area contributed by atoms with Crippen molar-refractivity contribution < 1.29 is 14.3 Å². The molecule has 1 fully saturated rings. The second-order valence-corrected chi connectivity index (χ2v) is 4.82. The van der Waals surface area contributed by atoms with Crippen molar-refractivity contribution in [1.82, 2.24) is 5.32 Å². The van der Waals surface area contributed by atoms with Gasteiger partial charge >= 0.3 is 0 Å². The van der Waals surface area contributed by atoms with Crippen LogP contribution in [-0.2, 0) is 0 Å². The van der Waals surface area contributed by atoms with Gasteiger partial charge in [-0.25, -0.2) is 4.39 Å². The maximum absolute atomic E-state index is 12.7. The SMILES string of the molecule is CC(O)(CNC(=O)c1ccc(F)cc1)C1CC1. The average molecular weight is 237 g/mol. The number of aliphatic hydroxyl groups is 1. The Morgan fingerprint density at radius 2 is 2.06 bits per heavy atom. The quantitative estimate of drug-likeness (QED) is 0.837. The first-order chi connectivity index (χ1) is 7.99. The molecule has 1 unspecified atom stereocenters. The number of rotatable bonds is 4. The molecule has 1 aliphatic carbocycles. The highest BCUT2D eigenvalue weighted by Crippen LogP contribution is 2.38. The summed E-state index contributed by atoms with van der Waals surface area (Å²) in [6, 6.07) is 5.34. The van der Waals surface area contributed by atoms with E-state index in [-0.39, 0.29) is 24.2 Å². The van der Waals surface area contributed by atoms with E-state index in [9.17, 15) is 14.3 Å². The lowest BCUT2D eigenvalue weighted by Gasteiger charge is -2.23. The van der Waals surface area contributed by atoms with Gasteiger partial charge < -0.3 is 10.4 Å². The number of halogens is 1. The topological polar surface area (TPSA) is 49.3 Å². The molecule has 0 aliphatic heterocycles. The van der Waals surface area contributed by atoms with Crippen molar-refractivity contribution in [2.24, 2.45) is 5.92 Å². The van der Waals surface area contributed by atoms with Gasteiger partial charge in [0.2, 0.25) is 0 Å². The van der Waals surface area contributed by atoms with Gasteiger partial charge in [-0.15, -0.1) is 0 Å².